The molecule has 3 nitrogen and oxygen atoms in total. The summed E-state index contributed by atoms with van der Waals surface area (Å²) < 4.78 is 5.51. The molecule has 2 atom stereocenters. The number of benzene rings is 1. The van der Waals surface area contributed by atoms with Crippen LogP contribution in [0, 0.1) is 5.92 Å². The number of nitrogens with one attached hydrogen (secondary N) is 1. The molecule has 1 saturated carbocycles. The van der Waals surface area contributed by atoms with Crippen LogP contribution in [0.1, 0.15) is 30.4 Å². The first-order valence-electron chi connectivity index (χ1n) is 7.46. The van der Waals surface area contributed by atoms with E-state index in [9.17, 15) is 5.11 Å². The number of hydrogen-bond donors (Lipinski definition) is 2. The van der Waals surface area contributed by atoms with Gasteiger partial charge in [0.1, 0.15) is 5.75 Å². The molecule has 19 heavy (non-hydrogen) atoms. The molecule has 1 fully saturated rings. The summed E-state index contributed by atoms with van der Waals surface area (Å²) in [5.74, 6) is 1.53. The van der Waals surface area contributed by atoms with Crippen LogP contribution in [0.4, 0.5) is 0 Å². The molecule has 2 aliphatic rings. The quantitative estimate of drug-likeness (QED) is 0.796. The van der Waals surface area contributed by atoms with Crippen molar-refractivity contribution in [1.82, 2.24) is 5.32 Å². The third-order valence-electron chi connectivity index (χ3n) is 4.37. The molecular weight excluding hydrogens is 238 g/mol. The van der Waals surface area contributed by atoms with Gasteiger partial charge in [0.2, 0.25) is 0 Å². The summed E-state index contributed by atoms with van der Waals surface area (Å²) in [6.07, 6.45) is 5.35. The molecule has 0 bridgehead atoms. The second-order valence-corrected chi connectivity index (χ2v) is 5.75. The number of aliphatic hydroxyl groups excluding tert-OH is 1. The second kappa shape index (κ2) is 5.93. The van der Waals surface area contributed by atoms with Crippen molar-refractivity contribution in [2.75, 3.05) is 19.7 Å². The fourth-order valence-corrected chi connectivity index (χ4v) is 3.17. The van der Waals surface area contributed by atoms with Gasteiger partial charge < -0.3 is 15.2 Å². The van der Waals surface area contributed by atoms with E-state index in [1.807, 2.05) is 0 Å². The van der Waals surface area contributed by atoms with Crippen LogP contribution in [0.25, 0.3) is 0 Å². The van der Waals surface area contributed by atoms with Gasteiger partial charge in [-0.05, 0) is 48.9 Å². The van der Waals surface area contributed by atoms with Gasteiger partial charge in [-0.3, -0.25) is 0 Å². The first-order valence-corrected chi connectivity index (χ1v) is 7.46. The van der Waals surface area contributed by atoms with Gasteiger partial charge >= 0.3 is 0 Å². The molecule has 1 aromatic rings. The van der Waals surface area contributed by atoms with Crippen molar-refractivity contribution in [3.63, 3.8) is 0 Å². The van der Waals surface area contributed by atoms with Crippen molar-refractivity contribution in [2.24, 2.45) is 5.92 Å². The zero-order valence-electron chi connectivity index (χ0n) is 11.4. The molecule has 1 heterocycles. The molecule has 0 amide bonds. The average molecular weight is 261 g/mol. The van der Waals surface area contributed by atoms with Crippen LogP contribution < -0.4 is 10.1 Å². The minimum Gasteiger partial charge on any atom is -0.493 e. The Kier molecular flexibility index (Phi) is 4.04. The molecular formula is C16H23NO2. The molecule has 104 valence electrons. The Labute approximate surface area is 115 Å². The summed E-state index contributed by atoms with van der Waals surface area (Å²) in [7, 11) is 0. The van der Waals surface area contributed by atoms with Gasteiger partial charge in [-0.25, -0.2) is 0 Å². The lowest BCUT2D eigenvalue weighted by atomic mass is 10.0. The highest BCUT2D eigenvalue weighted by molar-refractivity contribution is 5.39. The lowest BCUT2D eigenvalue weighted by molar-refractivity contribution is 0.132. The largest absolute Gasteiger partial charge is 0.493 e. The van der Waals surface area contributed by atoms with E-state index in [1.54, 1.807) is 0 Å². The maximum Gasteiger partial charge on any atom is 0.122 e. The predicted octanol–water partition coefficient (Wildman–Crippen LogP) is 1.91. The number of aliphatic hydroxyl groups is 1. The van der Waals surface area contributed by atoms with Gasteiger partial charge in [-0.15, -0.1) is 0 Å². The van der Waals surface area contributed by atoms with Crippen LogP contribution >= 0.6 is 0 Å². The number of ether oxygens (including phenoxy) is 1. The molecule has 1 aliphatic carbocycles. The van der Waals surface area contributed by atoms with Crippen LogP contribution in [0.5, 0.6) is 5.75 Å². The monoisotopic (exact) mass is 261 g/mol. The highest BCUT2D eigenvalue weighted by atomic mass is 16.5. The zero-order chi connectivity index (χ0) is 13.1. The van der Waals surface area contributed by atoms with Crippen molar-refractivity contribution >= 4 is 0 Å². The highest BCUT2D eigenvalue weighted by Gasteiger charge is 2.24. The summed E-state index contributed by atoms with van der Waals surface area (Å²) in [5, 5.41) is 13.2. The van der Waals surface area contributed by atoms with E-state index in [-0.39, 0.29) is 6.10 Å². The van der Waals surface area contributed by atoms with Gasteiger partial charge in [0.05, 0.1) is 12.7 Å². The third kappa shape index (κ3) is 3.10. The van der Waals surface area contributed by atoms with E-state index in [4.69, 9.17) is 4.74 Å². The van der Waals surface area contributed by atoms with Crippen LogP contribution in [0.15, 0.2) is 18.2 Å². The average Bonchev–Trinajstić information content (AvgIpc) is 3.03. The Morgan fingerprint density at radius 3 is 3.11 bits per heavy atom. The number of rotatable bonds is 5. The summed E-state index contributed by atoms with van der Waals surface area (Å²) in [6, 6.07) is 6.53. The van der Waals surface area contributed by atoms with Gasteiger partial charge in [0.25, 0.3) is 0 Å². The molecule has 1 aliphatic heterocycles. The van der Waals surface area contributed by atoms with Crippen molar-refractivity contribution in [3.05, 3.63) is 29.3 Å². The summed E-state index contributed by atoms with van der Waals surface area (Å²) >= 11 is 0. The van der Waals surface area contributed by atoms with Gasteiger partial charge in [-0.1, -0.05) is 18.6 Å². The summed E-state index contributed by atoms with van der Waals surface area (Å²) in [5.41, 5.74) is 2.73. The molecule has 3 rings (SSSR count). The predicted molar refractivity (Wildman–Crippen MR) is 75.6 cm³/mol. The Balaban J connectivity index is 1.42. The molecule has 3 heteroatoms. The molecule has 2 N–H and O–H groups in total. The van der Waals surface area contributed by atoms with Gasteiger partial charge in [-0.2, -0.15) is 0 Å². The number of hydrogen-bond acceptors (Lipinski definition) is 3. The highest BCUT2D eigenvalue weighted by Crippen LogP contribution is 2.26. The fraction of sp³-hybridized carbons (Fsp3) is 0.625. The zero-order valence-corrected chi connectivity index (χ0v) is 11.4. The standard InChI is InChI=1S/C16H23NO2/c18-15-3-1-2-14(15)11-17-8-6-12-4-5-16-13(10-12)7-9-19-16/h4-5,10,14-15,17-18H,1-3,6-9,11H2. The first kappa shape index (κ1) is 12.9. The maximum absolute atomic E-state index is 9.76. The normalized spacial score (nSPS) is 25.3. The van der Waals surface area contributed by atoms with Crippen LogP contribution in [0.2, 0.25) is 0 Å². The van der Waals surface area contributed by atoms with E-state index >= 15 is 0 Å². The molecule has 0 aromatic heterocycles. The lowest BCUT2D eigenvalue weighted by Gasteiger charge is -2.15. The Hall–Kier alpha value is -1.06. The van der Waals surface area contributed by atoms with E-state index in [1.165, 1.54) is 24.0 Å². The van der Waals surface area contributed by atoms with Crippen molar-refractivity contribution in [2.45, 2.75) is 38.2 Å². The number of fused-ring (bicyclic) bond motifs is 1. The molecule has 2 unspecified atom stereocenters. The topological polar surface area (TPSA) is 41.5 Å². The smallest absolute Gasteiger partial charge is 0.122 e. The molecule has 0 saturated heterocycles. The minimum atomic E-state index is -0.0790. The first-order chi connectivity index (χ1) is 9.33. The van der Waals surface area contributed by atoms with Gasteiger partial charge in [0.15, 0.2) is 0 Å². The minimum absolute atomic E-state index is 0.0790. The van der Waals surface area contributed by atoms with Crippen LogP contribution in [0.3, 0.4) is 0 Å². The van der Waals surface area contributed by atoms with Crippen LogP contribution in [-0.2, 0) is 12.8 Å². The second-order valence-electron chi connectivity index (χ2n) is 5.75. The van der Waals surface area contributed by atoms with E-state index in [0.29, 0.717) is 5.92 Å². The third-order valence-corrected chi connectivity index (χ3v) is 4.37. The Morgan fingerprint density at radius 1 is 1.32 bits per heavy atom. The molecule has 0 spiro atoms. The summed E-state index contributed by atoms with van der Waals surface area (Å²) in [6.45, 7) is 2.77. The Bertz CT molecular complexity index is 433. The van der Waals surface area contributed by atoms with Gasteiger partial charge in [0, 0.05) is 13.0 Å². The van der Waals surface area contributed by atoms with Crippen molar-refractivity contribution < 1.29 is 9.84 Å². The van der Waals surface area contributed by atoms with Crippen molar-refractivity contribution in [3.8, 4) is 5.75 Å². The van der Waals surface area contributed by atoms with Crippen LogP contribution in [-0.4, -0.2) is 30.9 Å². The lowest BCUT2D eigenvalue weighted by Crippen LogP contribution is -2.29. The molecule has 0 radical (unpaired) electrons. The Morgan fingerprint density at radius 2 is 2.26 bits per heavy atom. The van der Waals surface area contributed by atoms with E-state index in [0.717, 1.165) is 44.7 Å². The SMILES string of the molecule is OC1CCCC1CNCCc1ccc2c(c1)CCO2. The van der Waals surface area contributed by atoms with E-state index in [2.05, 4.69) is 23.5 Å². The fourth-order valence-electron chi connectivity index (χ4n) is 3.17. The van der Waals surface area contributed by atoms with Crippen molar-refractivity contribution in [1.29, 1.82) is 0 Å². The maximum atomic E-state index is 9.76. The molecule has 1 aromatic carbocycles. The van der Waals surface area contributed by atoms with E-state index < -0.39 is 0 Å². The summed E-state index contributed by atoms with van der Waals surface area (Å²) in [4.78, 5) is 0.